The normalized spacial score (nSPS) is 28.6. The number of nitrogens with zero attached hydrogens (tertiary/aromatic N) is 4. The van der Waals surface area contributed by atoms with Crippen LogP contribution < -0.4 is 0 Å². The van der Waals surface area contributed by atoms with Crippen molar-refractivity contribution in [1.29, 1.82) is 0 Å². The second kappa shape index (κ2) is 9.84. The number of aliphatic hydroxyl groups is 1. The molecular formula is C27H34N4O3. The molecule has 1 unspecified atom stereocenters. The first-order valence-electron chi connectivity index (χ1n) is 12.5. The topological polar surface area (TPSA) is 77.7 Å². The minimum atomic E-state index is -1.88. The fourth-order valence-electron chi connectivity index (χ4n) is 5.48. The predicted molar refractivity (Wildman–Crippen MR) is 129 cm³/mol. The molecule has 2 bridgehead atoms. The minimum Gasteiger partial charge on any atom is -0.458 e. The van der Waals surface area contributed by atoms with Gasteiger partial charge in [-0.2, -0.15) is 0 Å². The van der Waals surface area contributed by atoms with E-state index in [1.807, 2.05) is 23.2 Å². The standard InChI is InChI=1S/C27H34N4O3/c1-20-6-5-15-31(18-20)29-28-24-11-9-23(10-12-24)27(33,22-7-3-2-4-8-22)26(32)34-25-19-30-16-13-21(25)14-17-30/h2-4,7-12,20-21,25,33H,5-6,13-19H2,1H3/t20?,25-,27-/m0/s1. The van der Waals surface area contributed by atoms with Crippen LogP contribution in [0.15, 0.2) is 64.9 Å². The summed E-state index contributed by atoms with van der Waals surface area (Å²) in [6.07, 6.45) is 4.26. The highest BCUT2D eigenvalue weighted by Gasteiger charge is 2.45. The van der Waals surface area contributed by atoms with E-state index in [1.165, 1.54) is 6.42 Å². The van der Waals surface area contributed by atoms with Crippen LogP contribution in [0.4, 0.5) is 5.69 Å². The van der Waals surface area contributed by atoms with Gasteiger partial charge in [-0.05, 0) is 73.9 Å². The Labute approximate surface area is 201 Å². The zero-order chi connectivity index (χ0) is 23.5. The first-order chi connectivity index (χ1) is 16.5. The number of rotatable bonds is 6. The van der Waals surface area contributed by atoms with Crippen molar-refractivity contribution in [3.05, 3.63) is 65.7 Å². The van der Waals surface area contributed by atoms with Crippen molar-refractivity contribution in [2.75, 3.05) is 32.7 Å². The van der Waals surface area contributed by atoms with Gasteiger partial charge < -0.3 is 9.84 Å². The van der Waals surface area contributed by atoms with E-state index in [9.17, 15) is 9.90 Å². The molecule has 4 saturated heterocycles. The number of benzene rings is 2. The molecule has 0 saturated carbocycles. The van der Waals surface area contributed by atoms with Gasteiger partial charge in [-0.15, -0.1) is 5.11 Å². The number of hydrogen-bond donors (Lipinski definition) is 1. The maximum Gasteiger partial charge on any atom is 0.348 e. The highest BCUT2D eigenvalue weighted by Crippen LogP contribution is 2.36. The predicted octanol–water partition coefficient (Wildman–Crippen LogP) is 4.29. The van der Waals surface area contributed by atoms with E-state index in [-0.39, 0.29) is 6.10 Å². The lowest BCUT2D eigenvalue weighted by Crippen LogP contribution is -2.53. The zero-order valence-electron chi connectivity index (χ0n) is 19.8. The largest absolute Gasteiger partial charge is 0.458 e. The molecule has 2 aromatic rings. The van der Waals surface area contributed by atoms with Gasteiger partial charge in [0.25, 0.3) is 0 Å². The summed E-state index contributed by atoms with van der Waals surface area (Å²) in [7, 11) is 0. The third-order valence-electron chi connectivity index (χ3n) is 7.55. The summed E-state index contributed by atoms with van der Waals surface area (Å²) >= 11 is 0. The van der Waals surface area contributed by atoms with E-state index in [0.29, 0.717) is 28.7 Å². The Morgan fingerprint density at radius 1 is 0.971 bits per heavy atom. The van der Waals surface area contributed by atoms with Crippen LogP contribution >= 0.6 is 0 Å². The molecule has 7 nitrogen and oxygen atoms in total. The van der Waals surface area contributed by atoms with Crippen molar-refractivity contribution >= 4 is 11.7 Å². The maximum absolute atomic E-state index is 13.5. The molecule has 0 amide bonds. The van der Waals surface area contributed by atoms with Gasteiger partial charge in [-0.1, -0.05) is 54.6 Å². The van der Waals surface area contributed by atoms with Crippen LogP contribution in [0.5, 0.6) is 0 Å². The average molecular weight is 463 g/mol. The number of carbonyl (C=O) groups excluding carboxylic acids is 1. The molecule has 7 heteroatoms. The van der Waals surface area contributed by atoms with E-state index in [1.54, 1.807) is 36.4 Å². The van der Waals surface area contributed by atoms with E-state index in [2.05, 4.69) is 22.2 Å². The van der Waals surface area contributed by atoms with Crippen molar-refractivity contribution in [2.24, 2.45) is 22.2 Å². The van der Waals surface area contributed by atoms with Crippen molar-refractivity contribution in [3.8, 4) is 0 Å². The molecule has 0 spiro atoms. The molecule has 4 aliphatic rings. The van der Waals surface area contributed by atoms with Crippen LogP contribution in [0.3, 0.4) is 0 Å². The quantitative estimate of drug-likeness (QED) is 0.512. The Hall–Kier alpha value is -2.77. The second-order valence-electron chi connectivity index (χ2n) is 10.1. The highest BCUT2D eigenvalue weighted by molar-refractivity contribution is 5.85. The fraction of sp³-hybridized carbons (Fsp3) is 0.519. The van der Waals surface area contributed by atoms with Gasteiger partial charge in [0.1, 0.15) is 6.10 Å². The molecule has 6 rings (SSSR count). The summed E-state index contributed by atoms with van der Waals surface area (Å²) in [6, 6.07) is 16.1. The van der Waals surface area contributed by atoms with Crippen LogP contribution in [0.1, 0.15) is 43.7 Å². The number of hydrogen-bond acceptors (Lipinski definition) is 6. The lowest BCUT2D eigenvalue weighted by Gasteiger charge is -2.44. The maximum atomic E-state index is 13.5. The van der Waals surface area contributed by atoms with Gasteiger partial charge >= 0.3 is 5.97 Å². The first-order valence-corrected chi connectivity index (χ1v) is 12.5. The number of carbonyl (C=O) groups is 1. The van der Waals surface area contributed by atoms with E-state index >= 15 is 0 Å². The van der Waals surface area contributed by atoms with E-state index in [0.717, 1.165) is 52.0 Å². The molecule has 180 valence electrons. The highest BCUT2D eigenvalue weighted by atomic mass is 16.6. The molecule has 0 aliphatic carbocycles. The number of piperidine rings is 4. The number of fused-ring (bicyclic) bond motifs is 3. The van der Waals surface area contributed by atoms with Crippen LogP contribution in [0.2, 0.25) is 0 Å². The zero-order valence-corrected chi connectivity index (χ0v) is 19.8. The Balaban J connectivity index is 1.37. The summed E-state index contributed by atoms with van der Waals surface area (Å²) in [6.45, 7) is 6.94. The summed E-state index contributed by atoms with van der Waals surface area (Å²) < 4.78 is 5.99. The van der Waals surface area contributed by atoms with Crippen molar-refractivity contribution in [3.63, 3.8) is 0 Å². The monoisotopic (exact) mass is 462 g/mol. The smallest absolute Gasteiger partial charge is 0.348 e. The van der Waals surface area contributed by atoms with Gasteiger partial charge in [-0.3, -0.25) is 9.91 Å². The Kier molecular flexibility index (Phi) is 6.66. The van der Waals surface area contributed by atoms with E-state index in [4.69, 9.17) is 4.74 Å². The van der Waals surface area contributed by atoms with Crippen LogP contribution in [-0.2, 0) is 15.1 Å². The van der Waals surface area contributed by atoms with Gasteiger partial charge in [-0.25, -0.2) is 4.79 Å². The molecule has 1 N–H and O–H groups in total. The summed E-state index contributed by atoms with van der Waals surface area (Å²) in [5.41, 5.74) is -0.234. The van der Waals surface area contributed by atoms with Gasteiger partial charge in [0, 0.05) is 19.6 Å². The molecule has 4 fully saturated rings. The first kappa shape index (κ1) is 23.0. The summed E-state index contributed by atoms with van der Waals surface area (Å²) in [4.78, 5) is 15.9. The third-order valence-corrected chi connectivity index (χ3v) is 7.55. The lowest BCUT2D eigenvalue weighted by atomic mass is 9.84. The Morgan fingerprint density at radius 2 is 1.68 bits per heavy atom. The Bertz CT molecular complexity index is 1000. The lowest BCUT2D eigenvalue weighted by molar-refractivity contribution is -0.177. The van der Waals surface area contributed by atoms with Crippen molar-refractivity contribution < 1.29 is 14.6 Å². The van der Waals surface area contributed by atoms with Crippen molar-refractivity contribution in [2.45, 2.75) is 44.3 Å². The molecular weight excluding hydrogens is 428 g/mol. The fourth-order valence-corrected chi connectivity index (χ4v) is 5.48. The molecule has 0 aromatic heterocycles. The SMILES string of the molecule is CC1CCCN(N=Nc2ccc([C@](O)(C(=O)O[C@H]3CN4CCC3CC4)c3ccccc3)cc2)C1. The number of esters is 1. The van der Waals surface area contributed by atoms with E-state index < -0.39 is 11.6 Å². The Morgan fingerprint density at radius 3 is 2.32 bits per heavy atom. The number of ether oxygens (including phenoxy) is 1. The van der Waals surface area contributed by atoms with Crippen LogP contribution in [0, 0.1) is 11.8 Å². The molecule has 0 radical (unpaired) electrons. The van der Waals surface area contributed by atoms with Gasteiger partial charge in [0.2, 0.25) is 5.60 Å². The molecule has 2 aromatic carbocycles. The summed E-state index contributed by atoms with van der Waals surface area (Å²) in [5.74, 6) is 0.376. The molecule has 3 atom stereocenters. The summed E-state index contributed by atoms with van der Waals surface area (Å²) in [5, 5.41) is 22.6. The van der Waals surface area contributed by atoms with Crippen molar-refractivity contribution in [1.82, 2.24) is 9.91 Å². The third kappa shape index (κ3) is 4.72. The van der Waals surface area contributed by atoms with Crippen LogP contribution in [-0.4, -0.2) is 59.8 Å². The van der Waals surface area contributed by atoms with Gasteiger partial charge in [0.05, 0.1) is 5.69 Å². The molecule has 4 aliphatic heterocycles. The van der Waals surface area contributed by atoms with Gasteiger partial charge in [0.15, 0.2) is 0 Å². The average Bonchev–Trinajstić information content (AvgIpc) is 2.88. The van der Waals surface area contributed by atoms with Crippen LogP contribution in [0.25, 0.3) is 0 Å². The minimum absolute atomic E-state index is 0.176. The molecule has 4 heterocycles. The molecule has 34 heavy (non-hydrogen) atoms. The second-order valence-corrected chi connectivity index (χ2v) is 10.1.